The molecule has 1 amide bonds. The normalized spacial score (nSPS) is 16.3. The Morgan fingerprint density at radius 2 is 1.67 bits per heavy atom. The highest BCUT2D eigenvalue weighted by molar-refractivity contribution is 7.89. The van der Waals surface area contributed by atoms with Gasteiger partial charge in [-0.3, -0.25) is 4.79 Å². The van der Waals surface area contributed by atoms with Gasteiger partial charge in [-0.2, -0.15) is 4.31 Å². The number of nitrogens with two attached hydrogens (primary N) is 1. The average Bonchev–Trinajstić information content (AvgIpc) is 3.02. The van der Waals surface area contributed by atoms with E-state index in [0.29, 0.717) is 37.5 Å². The molecule has 1 aromatic carbocycles. The predicted octanol–water partition coefficient (Wildman–Crippen LogP) is 1.20. The van der Waals surface area contributed by atoms with Crippen molar-refractivity contribution in [3.8, 4) is 0 Å². The third-order valence-corrected chi connectivity index (χ3v) is 5.84. The van der Waals surface area contributed by atoms with Gasteiger partial charge in [0.05, 0.1) is 0 Å². The van der Waals surface area contributed by atoms with Crippen LogP contribution in [0.15, 0.2) is 45.9 Å². The van der Waals surface area contributed by atoms with E-state index in [-0.39, 0.29) is 5.09 Å². The number of hydrogen-bond acceptors (Lipinski definition) is 5. The molecule has 2 heterocycles. The second-order valence-electron chi connectivity index (χ2n) is 5.67. The smallest absolute Gasteiger partial charge is 0.276 e. The van der Waals surface area contributed by atoms with Crippen LogP contribution in [-0.2, 0) is 10.0 Å². The quantitative estimate of drug-likeness (QED) is 0.894. The van der Waals surface area contributed by atoms with Crippen LogP contribution in [0.5, 0.6) is 0 Å². The van der Waals surface area contributed by atoms with Gasteiger partial charge < -0.3 is 15.1 Å². The Kier molecular flexibility index (Phi) is 4.33. The SMILES string of the molecule is Cc1ccc(S(=O)(=O)N2CCN(c3ccc(C(N)=O)cc3)CC2)o1. The van der Waals surface area contributed by atoms with Crippen molar-refractivity contribution in [2.75, 3.05) is 31.1 Å². The van der Waals surface area contributed by atoms with Crippen LogP contribution in [0.4, 0.5) is 5.69 Å². The van der Waals surface area contributed by atoms with Gasteiger partial charge in [-0.1, -0.05) is 0 Å². The van der Waals surface area contributed by atoms with E-state index in [1.807, 2.05) is 12.1 Å². The van der Waals surface area contributed by atoms with Gasteiger partial charge in [0.25, 0.3) is 10.0 Å². The summed E-state index contributed by atoms with van der Waals surface area (Å²) < 4.78 is 31.7. The number of anilines is 1. The van der Waals surface area contributed by atoms with Gasteiger partial charge in [0.1, 0.15) is 5.76 Å². The van der Waals surface area contributed by atoms with E-state index in [9.17, 15) is 13.2 Å². The first-order valence-electron chi connectivity index (χ1n) is 7.59. The zero-order chi connectivity index (χ0) is 17.3. The van der Waals surface area contributed by atoms with Crippen LogP contribution >= 0.6 is 0 Å². The standard InChI is InChI=1S/C16H19N3O4S/c1-12-2-7-15(23-12)24(21,22)19-10-8-18(9-11-19)14-5-3-13(4-6-14)16(17)20/h2-7H,8-11H2,1H3,(H2,17,20). The van der Waals surface area contributed by atoms with Crippen molar-refractivity contribution < 1.29 is 17.6 Å². The van der Waals surface area contributed by atoms with Crippen LogP contribution in [0.25, 0.3) is 0 Å². The van der Waals surface area contributed by atoms with E-state index in [2.05, 4.69) is 4.90 Å². The molecule has 0 bridgehead atoms. The van der Waals surface area contributed by atoms with E-state index in [1.54, 1.807) is 25.1 Å². The lowest BCUT2D eigenvalue weighted by Crippen LogP contribution is -2.48. The summed E-state index contributed by atoms with van der Waals surface area (Å²) in [6.07, 6.45) is 0. The zero-order valence-corrected chi connectivity index (χ0v) is 14.1. The van der Waals surface area contributed by atoms with Gasteiger partial charge in [0.2, 0.25) is 11.0 Å². The fourth-order valence-electron chi connectivity index (χ4n) is 2.70. The Hall–Kier alpha value is -2.32. The maximum Gasteiger partial charge on any atom is 0.276 e. The molecule has 128 valence electrons. The first kappa shape index (κ1) is 16.5. The summed E-state index contributed by atoms with van der Waals surface area (Å²) in [5.74, 6) is 0.105. The van der Waals surface area contributed by atoms with Crippen molar-refractivity contribution in [3.05, 3.63) is 47.7 Å². The lowest BCUT2D eigenvalue weighted by Gasteiger charge is -2.34. The monoisotopic (exact) mass is 349 g/mol. The molecule has 1 fully saturated rings. The van der Waals surface area contributed by atoms with Crippen LogP contribution in [0, 0.1) is 6.92 Å². The average molecular weight is 349 g/mol. The second-order valence-corrected chi connectivity index (χ2v) is 7.54. The molecule has 1 aliphatic heterocycles. The Morgan fingerprint density at radius 1 is 1.04 bits per heavy atom. The van der Waals surface area contributed by atoms with E-state index in [1.165, 1.54) is 10.4 Å². The van der Waals surface area contributed by atoms with E-state index in [4.69, 9.17) is 10.2 Å². The maximum absolute atomic E-state index is 12.5. The molecule has 0 spiro atoms. The number of hydrogen-bond donors (Lipinski definition) is 1. The minimum Gasteiger partial charge on any atom is -0.449 e. The Balaban J connectivity index is 1.68. The predicted molar refractivity (Wildman–Crippen MR) is 89.4 cm³/mol. The van der Waals surface area contributed by atoms with Crippen molar-refractivity contribution in [1.82, 2.24) is 4.31 Å². The van der Waals surface area contributed by atoms with Gasteiger partial charge in [0, 0.05) is 37.4 Å². The number of sulfonamides is 1. The summed E-state index contributed by atoms with van der Waals surface area (Å²) in [4.78, 5) is 13.2. The van der Waals surface area contributed by atoms with E-state index in [0.717, 1.165) is 5.69 Å². The minimum absolute atomic E-state index is 0.0146. The second kappa shape index (κ2) is 6.29. The summed E-state index contributed by atoms with van der Waals surface area (Å²) in [6.45, 7) is 3.59. The topological polar surface area (TPSA) is 96.9 Å². The molecule has 1 aromatic heterocycles. The molecule has 0 atom stereocenters. The number of rotatable bonds is 4. The van der Waals surface area contributed by atoms with Crippen LogP contribution in [0.3, 0.4) is 0 Å². The molecule has 1 saturated heterocycles. The highest BCUT2D eigenvalue weighted by atomic mass is 32.2. The molecule has 0 saturated carbocycles. The van der Waals surface area contributed by atoms with Gasteiger partial charge in [-0.25, -0.2) is 8.42 Å². The third kappa shape index (κ3) is 3.15. The summed E-state index contributed by atoms with van der Waals surface area (Å²) in [5, 5.41) is -0.0146. The molecule has 8 heteroatoms. The Labute approximate surface area is 140 Å². The Morgan fingerprint density at radius 3 is 2.17 bits per heavy atom. The number of primary amides is 1. The van der Waals surface area contributed by atoms with Crippen LogP contribution in [0.2, 0.25) is 0 Å². The van der Waals surface area contributed by atoms with Gasteiger partial charge in [-0.15, -0.1) is 0 Å². The molecule has 24 heavy (non-hydrogen) atoms. The van der Waals surface area contributed by atoms with Crippen LogP contribution in [-0.4, -0.2) is 44.8 Å². The van der Waals surface area contributed by atoms with Gasteiger partial charge in [-0.05, 0) is 43.3 Å². The molecule has 3 rings (SSSR count). The maximum atomic E-state index is 12.5. The van der Waals surface area contributed by atoms with Crippen molar-refractivity contribution in [2.45, 2.75) is 12.0 Å². The molecular weight excluding hydrogens is 330 g/mol. The molecule has 0 unspecified atom stereocenters. The number of carbonyl (C=O) groups excluding carboxylic acids is 1. The number of benzene rings is 1. The molecule has 0 aliphatic carbocycles. The zero-order valence-electron chi connectivity index (χ0n) is 13.3. The van der Waals surface area contributed by atoms with E-state index >= 15 is 0 Å². The Bertz CT molecular complexity index is 834. The van der Waals surface area contributed by atoms with Crippen molar-refractivity contribution >= 4 is 21.6 Å². The molecule has 0 radical (unpaired) electrons. The van der Waals surface area contributed by atoms with Crippen molar-refractivity contribution in [2.24, 2.45) is 5.73 Å². The molecule has 2 N–H and O–H groups in total. The molecular formula is C16H19N3O4S. The number of aryl methyl sites for hydroxylation is 1. The van der Waals surface area contributed by atoms with E-state index < -0.39 is 15.9 Å². The number of nitrogens with zero attached hydrogens (tertiary/aromatic N) is 2. The third-order valence-electron chi connectivity index (χ3n) is 4.07. The van der Waals surface area contributed by atoms with Gasteiger partial charge >= 0.3 is 0 Å². The number of carbonyl (C=O) groups is 1. The van der Waals surface area contributed by atoms with Crippen molar-refractivity contribution in [1.29, 1.82) is 0 Å². The summed E-state index contributed by atoms with van der Waals surface area (Å²) in [7, 11) is -3.59. The van der Waals surface area contributed by atoms with Crippen LogP contribution < -0.4 is 10.6 Å². The minimum atomic E-state index is -3.59. The largest absolute Gasteiger partial charge is 0.449 e. The summed E-state index contributed by atoms with van der Waals surface area (Å²) in [5.41, 5.74) is 6.62. The fraction of sp³-hybridized carbons (Fsp3) is 0.312. The molecule has 2 aromatic rings. The van der Waals surface area contributed by atoms with Crippen LogP contribution in [0.1, 0.15) is 16.1 Å². The lowest BCUT2D eigenvalue weighted by molar-refractivity contribution is 0.100. The first-order chi connectivity index (χ1) is 11.4. The summed E-state index contributed by atoms with van der Waals surface area (Å²) in [6, 6.07) is 10.1. The van der Waals surface area contributed by atoms with Crippen molar-refractivity contribution in [3.63, 3.8) is 0 Å². The number of piperazine rings is 1. The lowest BCUT2D eigenvalue weighted by atomic mass is 10.2. The molecule has 7 nitrogen and oxygen atoms in total. The number of amides is 1. The highest BCUT2D eigenvalue weighted by Gasteiger charge is 2.30. The summed E-state index contributed by atoms with van der Waals surface area (Å²) >= 11 is 0. The number of furan rings is 1. The van der Waals surface area contributed by atoms with Gasteiger partial charge in [0.15, 0.2) is 0 Å². The first-order valence-corrected chi connectivity index (χ1v) is 9.03. The fourth-order valence-corrected chi connectivity index (χ4v) is 4.08. The highest BCUT2D eigenvalue weighted by Crippen LogP contribution is 2.22. The molecule has 1 aliphatic rings.